The molecule has 11 heteroatoms. The highest BCUT2D eigenvalue weighted by atomic mass is 32.2. The number of benzene rings is 2. The maximum absolute atomic E-state index is 13.7. The molecule has 0 aromatic heterocycles. The predicted octanol–water partition coefficient (Wildman–Crippen LogP) is 5.13. The van der Waals surface area contributed by atoms with E-state index in [-0.39, 0.29) is 40.0 Å². The van der Waals surface area contributed by atoms with Crippen LogP contribution >= 0.6 is 0 Å². The number of nitrogens with zero attached hydrogens (tertiary/aromatic N) is 1. The number of rotatable bonds is 7. The monoisotopic (exact) mass is 527 g/mol. The van der Waals surface area contributed by atoms with Crippen LogP contribution in [0.5, 0.6) is 5.75 Å². The number of hydrogen-bond donors (Lipinski definition) is 1. The van der Waals surface area contributed by atoms with Crippen LogP contribution in [-0.4, -0.2) is 45.4 Å². The van der Waals surface area contributed by atoms with Crippen molar-refractivity contribution in [3.05, 3.63) is 53.1 Å². The van der Waals surface area contributed by atoms with Crippen LogP contribution in [0.15, 0.2) is 41.3 Å². The number of carboxylic acids is 1. The molecule has 0 saturated carbocycles. The molecule has 2 aromatic carbocycles. The first kappa shape index (κ1) is 26.3. The maximum Gasteiger partial charge on any atom is 0.416 e. The van der Waals surface area contributed by atoms with Crippen molar-refractivity contribution in [3.63, 3.8) is 0 Å². The molecule has 1 fully saturated rings. The molecule has 0 aliphatic carbocycles. The van der Waals surface area contributed by atoms with Gasteiger partial charge in [0.2, 0.25) is 0 Å². The number of anilines is 1. The summed E-state index contributed by atoms with van der Waals surface area (Å²) in [6, 6.07) is 6.23. The van der Waals surface area contributed by atoms with E-state index in [1.165, 1.54) is 18.2 Å². The van der Waals surface area contributed by atoms with E-state index in [0.29, 0.717) is 32.5 Å². The van der Waals surface area contributed by atoms with Gasteiger partial charge in [-0.3, -0.25) is 4.31 Å². The molecule has 1 saturated heterocycles. The minimum Gasteiger partial charge on any atom is -0.492 e. The highest BCUT2D eigenvalue weighted by molar-refractivity contribution is 7.92. The molecule has 1 atom stereocenters. The zero-order valence-electron chi connectivity index (χ0n) is 19.8. The molecule has 0 spiro atoms. The lowest BCUT2D eigenvalue weighted by atomic mass is 9.95. The molecule has 7 nitrogen and oxygen atoms in total. The Morgan fingerprint density at radius 3 is 2.50 bits per heavy atom. The van der Waals surface area contributed by atoms with Gasteiger partial charge in [0, 0.05) is 19.3 Å². The van der Waals surface area contributed by atoms with Crippen molar-refractivity contribution in [1.82, 2.24) is 0 Å². The van der Waals surface area contributed by atoms with Gasteiger partial charge >= 0.3 is 12.1 Å². The minimum absolute atomic E-state index is 0.0637. The Labute approximate surface area is 207 Å². The van der Waals surface area contributed by atoms with E-state index >= 15 is 0 Å². The summed E-state index contributed by atoms with van der Waals surface area (Å²) in [6.07, 6.45) is -1.87. The summed E-state index contributed by atoms with van der Waals surface area (Å²) in [5.74, 6) is -1.07. The van der Waals surface area contributed by atoms with Crippen molar-refractivity contribution in [2.45, 2.75) is 56.1 Å². The maximum atomic E-state index is 13.7. The number of fused-ring (bicyclic) bond motifs is 1. The lowest BCUT2D eigenvalue weighted by molar-refractivity contribution is -0.137. The van der Waals surface area contributed by atoms with Crippen LogP contribution in [0.2, 0.25) is 0 Å². The number of alkyl halides is 3. The number of hydrogen-bond acceptors (Lipinski definition) is 5. The van der Waals surface area contributed by atoms with Gasteiger partial charge in [-0.25, -0.2) is 13.2 Å². The fourth-order valence-corrected chi connectivity index (χ4v) is 6.52. The quantitative estimate of drug-likeness (QED) is 0.537. The molecule has 196 valence electrons. The van der Waals surface area contributed by atoms with Crippen LogP contribution < -0.4 is 9.04 Å². The van der Waals surface area contributed by atoms with Gasteiger partial charge in [-0.15, -0.1) is 0 Å². The van der Waals surface area contributed by atoms with Crippen molar-refractivity contribution in [2.75, 3.05) is 24.1 Å². The standard InChI is InChI=1S/C25H28F3NO6S/c1-2-19-5-3-17-13-18(25(26,27)28)4-7-22(17)29(19)36(32,33)20-6-8-23(21(14-20)24(30)31)35-15-16-9-11-34-12-10-16/h4,6-8,13-14,16,19H,2-3,5,9-12,15H2,1H3,(H,30,31). The number of carboxylic acid groups (broad SMARTS) is 1. The van der Waals surface area contributed by atoms with Crippen molar-refractivity contribution in [1.29, 1.82) is 0 Å². The first-order chi connectivity index (χ1) is 17.0. The van der Waals surface area contributed by atoms with Gasteiger partial charge in [0.1, 0.15) is 11.3 Å². The lowest BCUT2D eigenvalue weighted by Crippen LogP contribution is -2.43. The summed E-state index contributed by atoms with van der Waals surface area (Å²) in [5.41, 5.74) is -0.667. The highest BCUT2D eigenvalue weighted by Gasteiger charge is 2.38. The molecule has 2 heterocycles. The van der Waals surface area contributed by atoms with E-state index in [2.05, 4.69) is 0 Å². The van der Waals surface area contributed by atoms with Gasteiger partial charge in [-0.2, -0.15) is 13.2 Å². The second kappa shape index (κ2) is 10.3. The third-order valence-corrected chi connectivity index (χ3v) is 8.61. The van der Waals surface area contributed by atoms with Gasteiger partial charge in [-0.05, 0) is 80.0 Å². The number of carbonyl (C=O) groups is 1. The molecule has 0 amide bonds. The van der Waals surface area contributed by atoms with E-state index in [1.54, 1.807) is 6.92 Å². The first-order valence-corrected chi connectivity index (χ1v) is 13.3. The largest absolute Gasteiger partial charge is 0.492 e. The van der Waals surface area contributed by atoms with E-state index in [4.69, 9.17) is 9.47 Å². The molecule has 2 aromatic rings. The second-order valence-electron chi connectivity index (χ2n) is 9.07. The summed E-state index contributed by atoms with van der Waals surface area (Å²) in [4.78, 5) is 11.7. The van der Waals surface area contributed by atoms with E-state index in [9.17, 15) is 31.5 Å². The zero-order chi connectivity index (χ0) is 26.1. The fraction of sp³-hybridized carbons (Fsp3) is 0.480. The highest BCUT2D eigenvalue weighted by Crippen LogP contribution is 2.40. The molecular weight excluding hydrogens is 499 g/mol. The topological polar surface area (TPSA) is 93.1 Å². The SMILES string of the molecule is CCC1CCc2cc(C(F)(F)F)ccc2N1S(=O)(=O)c1ccc(OCC2CCOCC2)c(C(=O)O)c1. The molecular formula is C25H28F3NO6S. The normalized spacial score (nSPS) is 19.1. The Morgan fingerprint density at radius 2 is 1.86 bits per heavy atom. The minimum atomic E-state index is -4.54. The average molecular weight is 528 g/mol. The number of sulfonamides is 1. The van der Waals surface area contributed by atoms with Crippen molar-refractivity contribution in [3.8, 4) is 5.75 Å². The molecule has 2 aliphatic heterocycles. The van der Waals surface area contributed by atoms with Crippen LogP contribution in [0, 0.1) is 5.92 Å². The Balaban J connectivity index is 1.68. The number of aromatic carboxylic acids is 1. The Bertz CT molecular complexity index is 1220. The van der Waals surface area contributed by atoms with Crippen LogP contribution in [0.3, 0.4) is 0 Å². The van der Waals surface area contributed by atoms with Crippen molar-refractivity contribution >= 4 is 21.7 Å². The first-order valence-electron chi connectivity index (χ1n) is 11.8. The summed E-state index contributed by atoms with van der Waals surface area (Å²) >= 11 is 0. The van der Waals surface area contributed by atoms with Gasteiger partial charge in [0.25, 0.3) is 10.0 Å². The summed E-state index contributed by atoms with van der Waals surface area (Å²) in [7, 11) is -4.28. The molecule has 1 unspecified atom stereocenters. The van der Waals surface area contributed by atoms with Crippen LogP contribution in [0.1, 0.15) is 54.1 Å². The Hall–Kier alpha value is -2.79. The molecule has 4 rings (SSSR count). The fourth-order valence-electron chi connectivity index (χ4n) is 4.71. The molecule has 0 bridgehead atoms. The summed E-state index contributed by atoms with van der Waals surface area (Å²) in [6.45, 7) is 3.31. The van der Waals surface area contributed by atoms with Gasteiger partial charge in [-0.1, -0.05) is 6.92 Å². The molecule has 0 radical (unpaired) electrons. The zero-order valence-corrected chi connectivity index (χ0v) is 20.6. The van der Waals surface area contributed by atoms with E-state index < -0.39 is 33.8 Å². The van der Waals surface area contributed by atoms with Crippen LogP contribution in [-0.2, 0) is 27.4 Å². The average Bonchev–Trinajstić information content (AvgIpc) is 2.86. The smallest absolute Gasteiger partial charge is 0.416 e. The molecule has 36 heavy (non-hydrogen) atoms. The Kier molecular flexibility index (Phi) is 7.51. The van der Waals surface area contributed by atoms with Crippen LogP contribution in [0.25, 0.3) is 0 Å². The van der Waals surface area contributed by atoms with Gasteiger partial charge in [0.15, 0.2) is 0 Å². The molecule has 1 N–H and O–H groups in total. The lowest BCUT2D eigenvalue weighted by Gasteiger charge is -2.37. The summed E-state index contributed by atoms with van der Waals surface area (Å²) < 4.78 is 79.4. The van der Waals surface area contributed by atoms with Gasteiger partial charge in [0.05, 0.1) is 22.8 Å². The van der Waals surface area contributed by atoms with E-state index in [1.807, 2.05) is 0 Å². The number of aryl methyl sites for hydroxylation is 1. The van der Waals surface area contributed by atoms with Crippen LogP contribution in [0.4, 0.5) is 18.9 Å². The second-order valence-corrected chi connectivity index (χ2v) is 10.9. The molecule has 2 aliphatic rings. The predicted molar refractivity (Wildman–Crippen MR) is 126 cm³/mol. The number of ether oxygens (including phenoxy) is 2. The third-order valence-electron chi connectivity index (χ3n) is 6.75. The number of halogens is 3. The van der Waals surface area contributed by atoms with Crippen molar-refractivity contribution < 1.29 is 41.0 Å². The van der Waals surface area contributed by atoms with Gasteiger partial charge < -0.3 is 14.6 Å². The third kappa shape index (κ3) is 5.31. The van der Waals surface area contributed by atoms with E-state index in [0.717, 1.165) is 35.3 Å². The van der Waals surface area contributed by atoms with Crippen molar-refractivity contribution in [2.24, 2.45) is 5.92 Å². The Morgan fingerprint density at radius 1 is 1.14 bits per heavy atom. The summed E-state index contributed by atoms with van der Waals surface area (Å²) in [5, 5.41) is 9.75.